The lowest BCUT2D eigenvalue weighted by Crippen LogP contribution is -2.22. The molecule has 0 N–H and O–H groups in total. The minimum absolute atomic E-state index is 0.0426. The number of rotatable bonds is 7. The van der Waals surface area contributed by atoms with Crippen molar-refractivity contribution in [1.29, 1.82) is 0 Å². The second-order valence-corrected chi connectivity index (χ2v) is 7.58. The normalized spacial score (nSPS) is 12.1. The van der Waals surface area contributed by atoms with Gasteiger partial charge in [-0.3, -0.25) is 4.79 Å². The lowest BCUT2D eigenvalue weighted by molar-refractivity contribution is -0.0499. The molecule has 0 aliphatic heterocycles. The van der Waals surface area contributed by atoms with E-state index in [-0.39, 0.29) is 16.2 Å². The molecule has 5 nitrogen and oxygen atoms in total. The monoisotopic (exact) mass is 381 g/mol. The fourth-order valence-electron chi connectivity index (χ4n) is 2.09. The average Bonchev–Trinajstić information content (AvgIpc) is 2.60. The van der Waals surface area contributed by atoms with Crippen LogP contribution in [0, 0.1) is 0 Å². The summed E-state index contributed by atoms with van der Waals surface area (Å²) in [7, 11) is -0.750. The summed E-state index contributed by atoms with van der Waals surface area (Å²) in [4.78, 5) is 12.3. The zero-order chi connectivity index (χ0) is 19.3. The second-order valence-electron chi connectivity index (χ2n) is 5.43. The van der Waals surface area contributed by atoms with Crippen LogP contribution in [0.5, 0.6) is 5.75 Å². The number of halogens is 2. The maximum absolute atomic E-state index is 12.4. The number of nitrogens with zero attached hydrogens (tertiary/aromatic N) is 1. The number of carbonyl (C=O) groups excluding carboxylic acids is 1. The van der Waals surface area contributed by atoms with Gasteiger partial charge in [-0.1, -0.05) is 18.2 Å². The Bertz CT molecular complexity index is 907. The minimum atomic E-state index is -3.58. The molecule has 0 amide bonds. The van der Waals surface area contributed by atoms with Gasteiger partial charge in [0.25, 0.3) is 0 Å². The number of ether oxygens (including phenoxy) is 1. The number of para-hydroxylation sites is 1. The van der Waals surface area contributed by atoms with Gasteiger partial charge in [-0.15, -0.1) is 0 Å². The van der Waals surface area contributed by atoms with Crippen LogP contribution in [-0.4, -0.2) is 39.2 Å². The predicted molar refractivity (Wildman–Crippen MR) is 93.8 cm³/mol. The zero-order valence-corrected chi connectivity index (χ0v) is 14.9. The molecule has 26 heavy (non-hydrogen) atoms. The molecule has 0 aliphatic carbocycles. The molecule has 0 unspecified atom stereocenters. The van der Waals surface area contributed by atoms with Crippen LogP contribution in [0.3, 0.4) is 0 Å². The van der Waals surface area contributed by atoms with Crippen molar-refractivity contribution in [3.63, 3.8) is 0 Å². The lowest BCUT2D eigenvalue weighted by atomic mass is 10.1. The van der Waals surface area contributed by atoms with Crippen LogP contribution in [-0.2, 0) is 10.0 Å². The standard InChI is InChI=1S/C18H17F2NO4S/c1-21(2)26(23,24)15-10-7-13(8-11-15)16(22)12-9-14-5-3-4-6-17(14)25-18(19)20/h3-12,18H,1-2H3. The van der Waals surface area contributed by atoms with Gasteiger partial charge in [-0.2, -0.15) is 8.78 Å². The third-order valence-corrected chi connectivity index (χ3v) is 5.30. The molecule has 0 bridgehead atoms. The molecule has 0 saturated carbocycles. The van der Waals surface area contributed by atoms with Crippen LogP contribution in [0.4, 0.5) is 8.78 Å². The number of ketones is 1. The number of alkyl halides is 2. The van der Waals surface area contributed by atoms with E-state index in [1.54, 1.807) is 12.1 Å². The molecular weight excluding hydrogens is 364 g/mol. The first-order valence-corrected chi connectivity index (χ1v) is 8.94. The molecule has 2 aromatic rings. The molecular formula is C18H17F2NO4S. The van der Waals surface area contributed by atoms with Crippen molar-refractivity contribution < 1.29 is 26.7 Å². The first-order chi connectivity index (χ1) is 12.2. The van der Waals surface area contributed by atoms with Crippen LogP contribution >= 0.6 is 0 Å². The number of benzene rings is 2. The van der Waals surface area contributed by atoms with E-state index in [2.05, 4.69) is 4.74 Å². The summed E-state index contributed by atoms with van der Waals surface area (Å²) in [5.41, 5.74) is 0.596. The van der Waals surface area contributed by atoms with E-state index in [0.717, 1.165) is 4.31 Å². The van der Waals surface area contributed by atoms with Crippen LogP contribution in [0.1, 0.15) is 15.9 Å². The fraction of sp³-hybridized carbons (Fsp3) is 0.167. The number of allylic oxidation sites excluding steroid dienone is 1. The quantitative estimate of drug-likeness (QED) is 0.544. The van der Waals surface area contributed by atoms with E-state index in [4.69, 9.17) is 0 Å². The molecule has 0 atom stereocenters. The number of hydrogen-bond acceptors (Lipinski definition) is 4. The Morgan fingerprint density at radius 1 is 1.08 bits per heavy atom. The van der Waals surface area contributed by atoms with Crippen molar-refractivity contribution in [1.82, 2.24) is 4.31 Å². The maximum atomic E-state index is 12.4. The van der Waals surface area contributed by atoms with E-state index in [0.29, 0.717) is 5.56 Å². The van der Waals surface area contributed by atoms with E-state index in [1.165, 1.54) is 62.6 Å². The largest absolute Gasteiger partial charge is 0.434 e. The highest BCUT2D eigenvalue weighted by Crippen LogP contribution is 2.22. The number of hydrogen-bond donors (Lipinski definition) is 0. The highest BCUT2D eigenvalue weighted by molar-refractivity contribution is 7.89. The van der Waals surface area contributed by atoms with Gasteiger partial charge >= 0.3 is 6.61 Å². The highest BCUT2D eigenvalue weighted by Gasteiger charge is 2.17. The van der Waals surface area contributed by atoms with Crippen molar-refractivity contribution in [2.24, 2.45) is 0 Å². The first-order valence-electron chi connectivity index (χ1n) is 7.50. The average molecular weight is 381 g/mol. The van der Waals surface area contributed by atoms with Crippen molar-refractivity contribution in [2.45, 2.75) is 11.5 Å². The summed E-state index contributed by atoms with van der Waals surface area (Å²) in [5.74, 6) is -0.440. The summed E-state index contributed by atoms with van der Waals surface area (Å²) in [6, 6.07) is 11.5. The SMILES string of the molecule is CN(C)S(=O)(=O)c1ccc(C(=O)C=Cc2ccccc2OC(F)F)cc1. The minimum Gasteiger partial charge on any atom is -0.434 e. The van der Waals surface area contributed by atoms with Crippen LogP contribution in [0.15, 0.2) is 59.5 Å². The zero-order valence-electron chi connectivity index (χ0n) is 14.1. The third kappa shape index (κ3) is 4.74. The van der Waals surface area contributed by atoms with E-state index in [1.807, 2.05) is 0 Å². The van der Waals surface area contributed by atoms with E-state index < -0.39 is 22.4 Å². The van der Waals surface area contributed by atoms with Crippen LogP contribution in [0.2, 0.25) is 0 Å². The summed E-state index contributed by atoms with van der Waals surface area (Å²) >= 11 is 0. The van der Waals surface area contributed by atoms with Gasteiger partial charge in [-0.25, -0.2) is 12.7 Å². The van der Waals surface area contributed by atoms with Crippen LogP contribution < -0.4 is 4.74 Å². The van der Waals surface area contributed by atoms with Crippen LogP contribution in [0.25, 0.3) is 6.08 Å². The van der Waals surface area contributed by atoms with Gasteiger partial charge in [0, 0.05) is 25.2 Å². The van der Waals surface area contributed by atoms with Gasteiger partial charge in [-0.05, 0) is 42.5 Å². The van der Waals surface area contributed by atoms with Crippen molar-refractivity contribution in [2.75, 3.05) is 14.1 Å². The molecule has 8 heteroatoms. The predicted octanol–water partition coefficient (Wildman–Crippen LogP) is 3.43. The molecule has 0 spiro atoms. The molecule has 138 valence electrons. The first kappa shape index (κ1) is 19.7. The summed E-state index contributed by atoms with van der Waals surface area (Å²) in [5, 5.41) is 0. The maximum Gasteiger partial charge on any atom is 0.387 e. The highest BCUT2D eigenvalue weighted by atomic mass is 32.2. The molecule has 0 aliphatic rings. The van der Waals surface area contributed by atoms with Gasteiger partial charge in [0.2, 0.25) is 10.0 Å². The van der Waals surface area contributed by atoms with Crippen molar-refractivity contribution in [3.05, 3.63) is 65.7 Å². The van der Waals surface area contributed by atoms with Gasteiger partial charge in [0.1, 0.15) is 5.75 Å². The number of carbonyl (C=O) groups is 1. The molecule has 0 heterocycles. The van der Waals surface area contributed by atoms with Gasteiger partial charge < -0.3 is 4.74 Å². The lowest BCUT2D eigenvalue weighted by Gasteiger charge is -2.11. The Balaban J connectivity index is 2.20. The Morgan fingerprint density at radius 3 is 2.27 bits per heavy atom. The second kappa shape index (κ2) is 8.20. The van der Waals surface area contributed by atoms with E-state index >= 15 is 0 Å². The molecule has 0 fully saturated rings. The molecule has 2 rings (SSSR count). The van der Waals surface area contributed by atoms with Gasteiger partial charge in [0.15, 0.2) is 5.78 Å². The Kier molecular flexibility index (Phi) is 6.23. The number of sulfonamides is 1. The molecule has 0 aromatic heterocycles. The summed E-state index contributed by atoms with van der Waals surface area (Å²) < 4.78 is 54.2. The third-order valence-electron chi connectivity index (χ3n) is 3.47. The summed E-state index contributed by atoms with van der Waals surface area (Å²) in [6.07, 6.45) is 2.58. The molecule has 0 saturated heterocycles. The van der Waals surface area contributed by atoms with E-state index in [9.17, 15) is 22.0 Å². The Hall–Kier alpha value is -2.58. The van der Waals surface area contributed by atoms with Crippen molar-refractivity contribution >= 4 is 21.9 Å². The summed E-state index contributed by atoms with van der Waals surface area (Å²) in [6.45, 7) is -2.97. The topological polar surface area (TPSA) is 63.7 Å². The van der Waals surface area contributed by atoms with Crippen molar-refractivity contribution in [3.8, 4) is 5.75 Å². The fourth-order valence-corrected chi connectivity index (χ4v) is 2.99. The molecule has 2 aromatic carbocycles. The molecule has 0 radical (unpaired) electrons. The Labute approximate surface area is 150 Å². The van der Waals surface area contributed by atoms with Gasteiger partial charge in [0.05, 0.1) is 4.90 Å². The Morgan fingerprint density at radius 2 is 1.69 bits per heavy atom. The smallest absolute Gasteiger partial charge is 0.387 e.